The molecule has 0 unspecified atom stereocenters. The van der Waals surface area contributed by atoms with Gasteiger partial charge < -0.3 is 31.8 Å². The molecule has 0 radical (unpaired) electrons. The molecule has 0 aliphatic carbocycles. The van der Waals surface area contributed by atoms with Crippen molar-refractivity contribution in [1.29, 1.82) is 0 Å². The van der Waals surface area contributed by atoms with Crippen LogP contribution in [0.1, 0.15) is 32.7 Å². The second kappa shape index (κ2) is 10.4. The molecule has 0 aliphatic rings. The van der Waals surface area contributed by atoms with Crippen molar-refractivity contribution in [2.45, 2.75) is 19.9 Å². The highest BCUT2D eigenvalue weighted by Crippen LogP contribution is 2.17. The van der Waals surface area contributed by atoms with E-state index in [1.165, 1.54) is 32.4 Å². The number of benzene rings is 1. The number of amides is 1. The third-order valence-electron chi connectivity index (χ3n) is 3.71. The van der Waals surface area contributed by atoms with Crippen LogP contribution in [-0.2, 0) is 20.8 Å². The smallest absolute Gasteiger partial charge is 0.337 e. The molecule has 0 atom stereocenters. The summed E-state index contributed by atoms with van der Waals surface area (Å²) in [5.74, 6) is -1.46. The SMILES string of the molecule is COC(=O)c1cc(NC(=O)CC[n+]2ccc(C)cc2)cc(C(=O)OC)c1.[Br-]. The average Bonchev–Trinajstić information content (AvgIpc) is 2.65. The normalized spacial score (nSPS) is 9.74. The summed E-state index contributed by atoms with van der Waals surface area (Å²) in [7, 11) is 2.48. The first-order valence-electron chi connectivity index (χ1n) is 8.00. The first kappa shape index (κ1) is 22.3. The molecule has 0 bridgehead atoms. The summed E-state index contributed by atoms with van der Waals surface area (Å²) >= 11 is 0. The van der Waals surface area contributed by atoms with Crippen molar-refractivity contribution in [3.63, 3.8) is 0 Å². The molecule has 0 fully saturated rings. The quantitative estimate of drug-likeness (QED) is 0.458. The third-order valence-corrected chi connectivity index (χ3v) is 3.71. The summed E-state index contributed by atoms with van der Waals surface area (Å²) in [5, 5.41) is 2.69. The molecule has 0 aliphatic heterocycles. The van der Waals surface area contributed by atoms with Gasteiger partial charge in [-0.3, -0.25) is 4.79 Å². The van der Waals surface area contributed by atoms with Crippen LogP contribution in [-0.4, -0.2) is 32.1 Å². The van der Waals surface area contributed by atoms with Gasteiger partial charge in [0.2, 0.25) is 5.91 Å². The van der Waals surface area contributed by atoms with Gasteiger partial charge in [0.05, 0.1) is 31.8 Å². The van der Waals surface area contributed by atoms with Gasteiger partial charge in [0.15, 0.2) is 18.9 Å². The fourth-order valence-electron chi connectivity index (χ4n) is 2.31. The molecule has 1 heterocycles. The molecule has 0 spiro atoms. The first-order valence-corrected chi connectivity index (χ1v) is 8.00. The van der Waals surface area contributed by atoms with Crippen LogP contribution in [0.2, 0.25) is 0 Å². The van der Waals surface area contributed by atoms with Crippen molar-refractivity contribution < 1.29 is 45.4 Å². The van der Waals surface area contributed by atoms with Crippen molar-refractivity contribution >= 4 is 23.5 Å². The van der Waals surface area contributed by atoms with Crippen molar-refractivity contribution in [2.75, 3.05) is 19.5 Å². The number of rotatable bonds is 6. The summed E-state index contributed by atoms with van der Waals surface area (Å²) in [6.07, 6.45) is 4.04. The fraction of sp³-hybridized carbons (Fsp3) is 0.263. The van der Waals surface area contributed by atoms with Crippen LogP contribution in [0, 0.1) is 6.92 Å². The zero-order valence-corrected chi connectivity index (χ0v) is 16.9. The molecule has 2 rings (SSSR count). The minimum absolute atomic E-state index is 0. The molecule has 144 valence electrons. The van der Waals surface area contributed by atoms with Crippen LogP contribution in [0.25, 0.3) is 0 Å². The summed E-state index contributed by atoms with van der Waals surface area (Å²) in [4.78, 5) is 35.7. The highest BCUT2D eigenvalue weighted by atomic mass is 79.9. The summed E-state index contributed by atoms with van der Waals surface area (Å²) in [6.45, 7) is 2.50. The number of anilines is 1. The lowest BCUT2D eigenvalue weighted by molar-refractivity contribution is -0.695. The lowest BCUT2D eigenvalue weighted by Gasteiger charge is -2.09. The minimum atomic E-state index is -0.610. The number of pyridine rings is 1. The molecule has 27 heavy (non-hydrogen) atoms. The second-order valence-corrected chi connectivity index (χ2v) is 5.69. The number of carbonyl (C=O) groups is 3. The Bertz CT molecular complexity index is 787. The van der Waals surface area contributed by atoms with Gasteiger partial charge in [-0.15, -0.1) is 0 Å². The molecule has 1 aromatic heterocycles. The van der Waals surface area contributed by atoms with Crippen molar-refractivity contribution in [3.8, 4) is 0 Å². The maximum absolute atomic E-state index is 12.2. The highest BCUT2D eigenvalue weighted by Gasteiger charge is 2.15. The van der Waals surface area contributed by atoms with E-state index in [0.717, 1.165) is 5.56 Å². The third kappa shape index (κ3) is 6.49. The van der Waals surface area contributed by atoms with Crippen LogP contribution in [0.3, 0.4) is 0 Å². The number of hydrogen-bond donors (Lipinski definition) is 1. The second-order valence-electron chi connectivity index (χ2n) is 5.69. The van der Waals surface area contributed by atoms with Crippen LogP contribution < -0.4 is 26.9 Å². The van der Waals surface area contributed by atoms with Gasteiger partial charge in [-0.1, -0.05) is 0 Å². The van der Waals surface area contributed by atoms with Crippen LogP contribution in [0.4, 0.5) is 5.69 Å². The number of carbonyl (C=O) groups excluding carboxylic acids is 3. The lowest BCUT2D eigenvalue weighted by Crippen LogP contribution is -3.00. The van der Waals surface area contributed by atoms with Crippen LogP contribution >= 0.6 is 0 Å². The molecular formula is C19H21BrN2O5. The first-order chi connectivity index (χ1) is 12.4. The number of nitrogens with zero attached hydrogens (tertiary/aromatic N) is 1. The lowest BCUT2D eigenvalue weighted by atomic mass is 10.1. The number of ether oxygens (including phenoxy) is 2. The summed E-state index contributed by atoms with van der Waals surface area (Å²) in [6, 6.07) is 8.18. The van der Waals surface area contributed by atoms with Gasteiger partial charge in [0.1, 0.15) is 0 Å². The Morgan fingerprint density at radius 3 is 1.96 bits per heavy atom. The molecule has 2 aromatic rings. The molecule has 0 saturated carbocycles. The van der Waals surface area contributed by atoms with Gasteiger partial charge in [-0.25, -0.2) is 14.2 Å². The zero-order valence-electron chi connectivity index (χ0n) is 15.3. The standard InChI is InChI=1S/C19H20N2O5.BrH/c1-13-4-7-21(8-5-13)9-6-17(22)20-16-11-14(18(23)25-2)10-15(12-16)19(24)26-3;/h4-5,7-8,10-12H,6,9H2,1-3H3;1H. The van der Waals surface area contributed by atoms with Crippen molar-refractivity contribution in [3.05, 3.63) is 59.4 Å². The monoisotopic (exact) mass is 436 g/mol. The Labute approximate surface area is 168 Å². The van der Waals surface area contributed by atoms with E-state index in [9.17, 15) is 14.4 Å². The number of esters is 2. The van der Waals surface area contributed by atoms with E-state index in [2.05, 4.69) is 14.8 Å². The number of nitrogens with one attached hydrogen (secondary N) is 1. The molecule has 7 nitrogen and oxygen atoms in total. The molecular weight excluding hydrogens is 416 g/mol. The number of aromatic nitrogens is 1. The van der Waals surface area contributed by atoms with Crippen LogP contribution in [0.5, 0.6) is 0 Å². The van der Waals surface area contributed by atoms with E-state index in [1.54, 1.807) is 0 Å². The van der Waals surface area contributed by atoms with E-state index < -0.39 is 11.9 Å². The van der Waals surface area contributed by atoms with E-state index in [1.807, 2.05) is 36.0 Å². The van der Waals surface area contributed by atoms with Crippen molar-refractivity contribution in [1.82, 2.24) is 0 Å². The molecule has 0 saturated heterocycles. The predicted octanol–water partition coefficient (Wildman–Crippen LogP) is -1.11. The van der Waals surface area contributed by atoms with Crippen molar-refractivity contribution in [2.24, 2.45) is 0 Å². The molecule has 1 amide bonds. The van der Waals surface area contributed by atoms with Gasteiger partial charge in [-0.05, 0) is 30.7 Å². The van der Waals surface area contributed by atoms with E-state index >= 15 is 0 Å². The Morgan fingerprint density at radius 1 is 0.963 bits per heavy atom. The van der Waals surface area contributed by atoms with E-state index in [4.69, 9.17) is 0 Å². The van der Waals surface area contributed by atoms with Gasteiger partial charge in [0.25, 0.3) is 0 Å². The predicted molar refractivity (Wildman–Crippen MR) is 93.7 cm³/mol. The summed E-state index contributed by atoms with van der Waals surface area (Å²) < 4.78 is 11.2. The molecule has 1 aromatic carbocycles. The summed E-state index contributed by atoms with van der Waals surface area (Å²) in [5.41, 5.74) is 1.77. The van der Waals surface area contributed by atoms with Gasteiger partial charge in [0, 0.05) is 17.8 Å². The Morgan fingerprint density at radius 2 is 1.48 bits per heavy atom. The van der Waals surface area contributed by atoms with Gasteiger partial charge in [-0.2, -0.15) is 0 Å². The Balaban J connectivity index is 0.00000364. The zero-order chi connectivity index (χ0) is 19.1. The molecule has 8 heteroatoms. The number of hydrogen-bond acceptors (Lipinski definition) is 5. The maximum Gasteiger partial charge on any atom is 0.337 e. The van der Waals surface area contributed by atoms with E-state index in [0.29, 0.717) is 12.2 Å². The largest absolute Gasteiger partial charge is 1.00 e. The molecule has 1 N–H and O–H groups in total. The maximum atomic E-state index is 12.2. The average molecular weight is 437 g/mol. The fourth-order valence-corrected chi connectivity index (χ4v) is 2.31. The van der Waals surface area contributed by atoms with Crippen LogP contribution in [0.15, 0.2) is 42.7 Å². The number of halogens is 1. The van der Waals surface area contributed by atoms with E-state index in [-0.39, 0.29) is 40.4 Å². The number of aryl methyl sites for hydroxylation is 2. The minimum Gasteiger partial charge on any atom is -1.00 e. The Kier molecular flexibility index (Phi) is 8.61. The topological polar surface area (TPSA) is 85.6 Å². The number of methoxy groups -OCH3 is 2. The highest BCUT2D eigenvalue weighted by molar-refractivity contribution is 5.99. The Hall–Kier alpha value is -2.74. The van der Waals surface area contributed by atoms with Gasteiger partial charge >= 0.3 is 11.9 Å².